The highest BCUT2D eigenvalue weighted by molar-refractivity contribution is 5.02. The van der Waals surface area contributed by atoms with Crippen LogP contribution in [-0.2, 0) is 23.7 Å². The first-order chi connectivity index (χ1) is 12.6. The number of fused-ring (bicyclic) bond motifs is 1. The smallest absolute Gasteiger partial charge is 0.184 e. The molecular weight excluding hydrogens is 340 g/mol. The largest absolute Gasteiger partial charge is 0.385 e. The molecule has 6 atom stereocenters. The molecule has 3 aliphatic heterocycles. The zero-order valence-electron chi connectivity index (χ0n) is 15.2. The highest BCUT2D eigenvalue weighted by Gasteiger charge is 2.60. The Morgan fingerprint density at radius 1 is 0.654 bits per heavy atom. The highest BCUT2D eigenvalue weighted by Crippen LogP contribution is 2.47. The van der Waals surface area contributed by atoms with Crippen molar-refractivity contribution in [3.05, 3.63) is 0 Å². The van der Waals surface area contributed by atoms with Crippen LogP contribution in [0.3, 0.4) is 0 Å². The summed E-state index contributed by atoms with van der Waals surface area (Å²) < 4.78 is 30.7. The van der Waals surface area contributed by atoms with E-state index in [2.05, 4.69) is 0 Å². The maximum absolute atomic E-state index is 10.4. The molecule has 148 valence electrons. The van der Waals surface area contributed by atoms with Gasteiger partial charge in [0.2, 0.25) is 0 Å². The molecule has 2 N–H and O–H groups in total. The Labute approximate surface area is 153 Å². The van der Waals surface area contributed by atoms with Gasteiger partial charge in [-0.1, -0.05) is 12.8 Å². The Balaban J connectivity index is 1.35. The molecule has 7 nitrogen and oxygen atoms in total. The van der Waals surface area contributed by atoms with Crippen LogP contribution >= 0.6 is 0 Å². The third kappa shape index (κ3) is 2.92. The normalized spacial score (nSPS) is 47.3. The number of aliphatic hydroxyl groups is 2. The average Bonchev–Trinajstić information content (AvgIpc) is 3.22. The van der Waals surface area contributed by atoms with Gasteiger partial charge < -0.3 is 33.9 Å². The average molecular weight is 370 g/mol. The van der Waals surface area contributed by atoms with E-state index in [-0.39, 0.29) is 6.10 Å². The molecule has 2 saturated carbocycles. The van der Waals surface area contributed by atoms with Crippen LogP contribution in [0.15, 0.2) is 0 Å². The molecule has 0 aromatic heterocycles. The standard InChI is InChI=1S/C19H30O7/c20-13-15-16(26-19(25-15)9-5-2-6-10-19)14(23-17(13)21)12-11-22-18(24-12)7-3-1-4-8-18/h12-17,20-21H,1-11H2/t12?,13-,14+,15+,16?,17?/m1/s1. The summed E-state index contributed by atoms with van der Waals surface area (Å²) in [5.74, 6) is -1.16. The lowest BCUT2D eigenvalue weighted by atomic mass is 9.93. The summed E-state index contributed by atoms with van der Waals surface area (Å²) in [6, 6.07) is 0. The van der Waals surface area contributed by atoms with Crippen molar-refractivity contribution in [3.63, 3.8) is 0 Å². The quantitative estimate of drug-likeness (QED) is 0.725. The van der Waals surface area contributed by atoms with E-state index in [0.29, 0.717) is 6.61 Å². The lowest BCUT2D eigenvalue weighted by Crippen LogP contribution is -2.60. The Morgan fingerprint density at radius 3 is 1.96 bits per heavy atom. The molecule has 3 saturated heterocycles. The number of aliphatic hydroxyl groups excluding tert-OH is 2. The third-order valence-electron chi connectivity index (χ3n) is 6.75. The topological polar surface area (TPSA) is 86.6 Å². The molecule has 5 fully saturated rings. The van der Waals surface area contributed by atoms with Crippen LogP contribution in [0.4, 0.5) is 0 Å². The zero-order valence-corrected chi connectivity index (χ0v) is 15.2. The first kappa shape index (κ1) is 17.8. The fourth-order valence-electron chi connectivity index (χ4n) is 5.37. The van der Waals surface area contributed by atoms with E-state index >= 15 is 0 Å². The second-order valence-corrected chi connectivity index (χ2v) is 8.56. The molecule has 0 aromatic carbocycles. The molecule has 7 heteroatoms. The summed E-state index contributed by atoms with van der Waals surface area (Å²) in [5, 5.41) is 20.7. The molecule has 0 bridgehead atoms. The predicted octanol–water partition coefficient (Wildman–Crippen LogP) is 1.58. The second kappa shape index (κ2) is 6.65. The van der Waals surface area contributed by atoms with Crippen molar-refractivity contribution in [3.8, 4) is 0 Å². The molecule has 5 rings (SSSR count). The van der Waals surface area contributed by atoms with Gasteiger partial charge in [0, 0.05) is 25.7 Å². The van der Waals surface area contributed by atoms with E-state index in [9.17, 15) is 10.2 Å². The SMILES string of the molecule is OC1O[C@@H](C2COC3(CCCCC3)O2)C2OC3(CCCCC3)O[C@H]2[C@H]1O. The van der Waals surface area contributed by atoms with Crippen LogP contribution < -0.4 is 0 Å². The van der Waals surface area contributed by atoms with Crippen molar-refractivity contribution in [2.24, 2.45) is 0 Å². The fraction of sp³-hybridized carbons (Fsp3) is 1.00. The number of hydrogen-bond acceptors (Lipinski definition) is 7. The van der Waals surface area contributed by atoms with Crippen LogP contribution in [-0.4, -0.2) is 65.2 Å². The summed E-state index contributed by atoms with van der Waals surface area (Å²) in [6.07, 6.45) is 5.90. The van der Waals surface area contributed by atoms with Crippen LogP contribution in [0, 0.1) is 0 Å². The maximum atomic E-state index is 10.4. The Bertz CT molecular complexity index is 514. The molecule has 26 heavy (non-hydrogen) atoms. The Morgan fingerprint density at radius 2 is 1.27 bits per heavy atom. The monoisotopic (exact) mass is 370 g/mol. The van der Waals surface area contributed by atoms with E-state index < -0.39 is 42.3 Å². The van der Waals surface area contributed by atoms with Crippen LogP contribution in [0.5, 0.6) is 0 Å². The van der Waals surface area contributed by atoms with Crippen molar-refractivity contribution in [2.45, 2.75) is 113 Å². The highest BCUT2D eigenvalue weighted by atomic mass is 16.8. The van der Waals surface area contributed by atoms with Gasteiger partial charge in [-0.05, 0) is 25.7 Å². The first-order valence-electron chi connectivity index (χ1n) is 10.3. The number of hydrogen-bond donors (Lipinski definition) is 2. The van der Waals surface area contributed by atoms with Gasteiger partial charge in [-0.15, -0.1) is 0 Å². The van der Waals surface area contributed by atoms with Crippen molar-refractivity contribution in [1.29, 1.82) is 0 Å². The van der Waals surface area contributed by atoms with E-state index in [1.165, 1.54) is 12.8 Å². The van der Waals surface area contributed by atoms with Gasteiger partial charge >= 0.3 is 0 Å². The number of rotatable bonds is 1. The van der Waals surface area contributed by atoms with Crippen LogP contribution in [0.1, 0.15) is 64.2 Å². The van der Waals surface area contributed by atoms with Crippen molar-refractivity contribution in [2.75, 3.05) is 6.61 Å². The maximum Gasteiger partial charge on any atom is 0.184 e. The summed E-state index contributed by atoms with van der Waals surface area (Å²) in [4.78, 5) is 0. The van der Waals surface area contributed by atoms with Crippen LogP contribution in [0.25, 0.3) is 0 Å². The van der Waals surface area contributed by atoms with Gasteiger partial charge in [0.1, 0.15) is 30.5 Å². The summed E-state index contributed by atoms with van der Waals surface area (Å²) >= 11 is 0. The molecule has 5 aliphatic rings. The van der Waals surface area contributed by atoms with Gasteiger partial charge in [0.05, 0.1) is 6.61 Å². The van der Waals surface area contributed by atoms with E-state index in [0.717, 1.165) is 51.4 Å². The first-order valence-corrected chi connectivity index (χ1v) is 10.3. The molecule has 2 aliphatic carbocycles. The lowest BCUT2D eigenvalue weighted by molar-refractivity contribution is -0.284. The molecule has 3 unspecified atom stereocenters. The minimum Gasteiger partial charge on any atom is -0.385 e. The van der Waals surface area contributed by atoms with Crippen molar-refractivity contribution < 1.29 is 33.9 Å². The molecule has 3 heterocycles. The zero-order chi connectivity index (χ0) is 17.8. The third-order valence-corrected chi connectivity index (χ3v) is 6.75. The van der Waals surface area contributed by atoms with Gasteiger partial charge in [-0.2, -0.15) is 0 Å². The summed E-state index contributed by atoms with van der Waals surface area (Å²) in [7, 11) is 0. The van der Waals surface area contributed by atoms with E-state index in [4.69, 9.17) is 23.7 Å². The van der Waals surface area contributed by atoms with E-state index in [1.807, 2.05) is 0 Å². The molecule has 0 aromatic rings. The van der Waals surface area contributed by atoms with Gasteiger partial charge in [-0.25, -0.2) is 0 Å². The minimum atomic E-state index is -1.30. The fourth-order valence-corrected chi connectivity index (χ4v) is 5.37. The summed E-state index contributed by atoms with van der Waals surface area (Å²) in [5.41, 5.74) is 0. The molecule has 2 spiro atoms. The van der Waals surface area contributed by atoms with Gasteiger partial charge in [0.15, 0.2) is 17.9 Å². The Kier molecular flexibility index (Phi) is 4.55. The van der Waals surface area contributed by atoms with Crippen molar-refractivity contribution >= 4 is 0 Å². The minimum absolute atomic E-state index is 0.315. The van der Waals surface area contributed by atoms with Gasteiger partial charge in [0.25, 0.3) is 0 Å². The van der Waals surface area contributed by atoms with Crippen LogP contribution in [0.2, 0.25) is 0 Å². The van der Waals surface area contributed by atoms with E-state index in [1.54, 1.807) is 0 Å². The second-order valence-electron chi connectivity index (χ2n) is 8.56. The number of ether oxygens (including phenoxy) is 5. The molecule has 0 radical (unpaired) electrons. The molecular formula is C19H30O7. The summed E-state index contributed by atoms with van der Waals surface area (Å²) in [6.45, 7) is 0.424. The van der Waals surface area contributed by atoms with Crippen molar-refractivity contribution in [1.82, 2.24) is 0 Å². The lowest BCUT2D eigenvalue weighted by Gasteiger charge is -2.40. The molecule has 0 amide bonds. The van der Waals surface area contributed by atoms with Gasteiger partial charge in [-0.3, -0.25) is 0 Å². The Hall–Kier alpha value is -0.280. The predicted molar refractivity (Wildman–Crippen MR) is 89.1 cm³/mol.